The van der Waals surface area contributed by atoms with Crippen LogP contribution in [-0.2, 0) is 10.2 Å². The third kappa shape index (κ3) is 1.53. The summed E-state index contributed by atoms with van der Waals surface area (Å²) in [5, 5.41) is 9.06. The first-order chi connectivity index (χ1) is 7.51. The van der Waals surface area contributed by atoms with Crippen molar-refractivity contribution in [2.75, 3.05) is 7.11 Å². The summed E-state index contributed by atoms with van der Waals surface area (Å²) in [6.07, 6.45) is 1.000. The lowest BCUT2D eigenvalue weighted by Gasteiger charge is -2.15. The van der Waals surface area contributed by atoms with Crippen molar-refractivity contribution >= 4 is 17.6 Å². The first-order valence-electron chi connectivity index (χ1n) is 4.78. The Morgan fingerprint density at radius 3 is 2.62 bits per heavy atom. The zero-order valence-electron chi connectivity index (χ0n) is 8.59. The van der Waals surface area contributed by atoms with Gasteiger partial charge in [-0.15, -0.1) is 0 Å². The number of rotatable bonds is 3. The minimum atomic E-state index is -0.989. The molecular formula is C11H10ClFO3. The molecule has 0 aliphatic heterocycles. The summed E-state index contributed by atoms with van der Waals surface area (Å²) in [4.78, 5) is 11.1. The third-order valence-electron chi connectivity index (χ3n) is 2.92. The van der Waals surface area contributed by atoms with Gasteiger partial charge in [-0.2, -0.15) is 0 Å². The summed E-state index contributed by atoms with van der Waals surface area (Å²) in [5.41, 5.74) is -0.624. The summed E-state index contributed by atoms with van der Waals surface area (Å²) in [5.74, 6) is -1.25. The molecule has 1 aliphatic rings. The molecule has 0 radical (unpaired) electrons. The second-order valence-electron chi connectivity index (χ2n) is 3.85. The smallest absolute Gasteiger partial charge is 0.314 e. The average molecular weight is 245 g/mol. The molecule has 3 nitrogen and oxygen atoms in total. The van der Waals surface area contributed by atoms with Crippen molar-refractivity contribution < 1.29 is 19.0 Å². The van der Waals surface area contributed by atoms with Crippen molar-refractivity contribution in [3.05, 3.63) is 28.5 Å². The number of hydrogen-bond donors (Lipinski definition) is 1. The van der Waals surface area contributed by atoms with E-state index < -0.39 is 17.2 Å². The Morgan fingerprint density at radius 1 is 1.56 bits per heavy atom. The van der Waals surface area contributed by atoms with Crippen molar-refractivity contribution in [2.45, 2.75) is 18.3 Å². The zero-order chi connectivity index (χ0) is 11.9. The van der Waals surface area contributed by atoms with E-state index in [0.717, 1.165) is 6.07 Å². The molecular weight excluding hydrogens is 235 g/mol. The van der Waals surface area contributed by atoms with Crippen molar-refractivity contribution in [3.8, 4) is 5.75 Å². The number of carboxylic acid groups (broad SMARTS) is 1. The molecule has 0 heterocycles. The zero-order valence-corrected chi connectivity index (χ0v) is 9.34. The maximum Gasteiger partial charge on any atom is 0.314 e. The first kappa shape index (κ1) is 11.2. The summed E-state index contributed by atoms with van der Waals surface area (Å²) < 4.78 is 18.4. The molecule has 0 spiro atoms. The fourth-order valence-corrected chi connectivity index (χ4v) is 1.95. The highest BCUT2D eigenvalue weighted by Crippen LogP contribution is 2.52. The highest BCUT2D eigenvalue weighted by molar-refractivity contribution is 6.30. The van der Waals surface area contributed by atoms with Gasteiger partial charge in [0.15, 0.2) is 0 Å². The van der Waals surface area contributed by atoms with Crippen LogP contribution >= 0.6 is 11.6 Å². The van der Waals surface area contributed by atoms with Crippen LogP contribution in [0.5, 0.6) is 5.75 Å². The molecule has 86 valence electrons. The number of halogens is 2. The molecule has 1 fully saturated rings. The van der Waals surface area contributed by atoms with E-state index in [1.807, 2.05) is 0 Å². The normalized spacial score (nSPS) is 16.9. The Hall–Kier alpha value is -1.29. The molecule has 1 aromatic carbocycles. The van der Waals surface area contributed by atoms with Crippen LogP contribution in [0.2, 0.25) is 5.02 Å². The summed E-state index contributed by atoms with van der Waals surface area (Å²) >= 11 is 5.61. The van der Waals surface area contributed by atoms with Gasteiger partial charge in [0.1, 0.15) is 11.6 Å². The summed E-state index contributed by atoms with van der Waals surface area (Å²) in [6, 6.07) is 2.47. The molecule has 1 aromatic rings. The van der Waals surface area contributed by atoms with Crippen LogP contribution in [0.1, 0.15) is 18.4 Å². The second kappa shape index (κ2) is 3.63. The number of ether oxygens (including phenoxy) is 1. The van der Waals surface area contributed by atoms with Gasteiger partial charge in [-0.1, -0.05) is 11.6 Å². The van der Waals surface area contributed by atoms with Crippen LogP contribution in [0, 0.1) is 5.82 Å². The second-order valence-corrected chi connectivity index (χ2v) is 4.26. The molecule has 0 saturated heterocycles. The van der Waals surface area contributed by atoms with Crippen LogP contribution in [0.3, 0.4) is 0 Å². The van der Waals surface area contributed by atoms with E-state index in [0.29, 0.717) is 24.2 Å². The lowest BCUT2D eigenvalue weighted by atomic mass is 9.95. The van der Waals surface area contributed by atoms with E-state index in [4.69, 9.17) is 21.4 Å². The molecule has 2 rings (SSSR count). The number of carboxylic acids is 1. The number of benzene rings is 1. The quantitative estimate of drug-likeness (QED) is 0.889. The third-order valence-corrected chi connectivity index (χ3v) is 3.21. The van der Waals surface area contributed by atoms with E-state index in [-0.39, 0.29) is 5.02 Å². The number of aliphatic carboxylic acids is 1. The van der Waals surface area contributed by atoms with Crippen LogP contribution in [0.25, 0.3) is 0 Å². The topological polar surface area (TPSA) is 46.5 Å². The Bertz CT molecular complexity index is 455. The fraction of sp³-hybridized carbons (Fsp3) is 0.364. The Labute approximate surface area is 96.8 Å². The van der Waals surface area contributed by atoms with Crippen LogP contribution in [-0.4, -0.2) is 18.2 Å². The van der Waals surface area contributed by atoms with Gasteiger partial charge >= 0.3 is 5.97 Å². The van der Waals surface area contributed by atoms with E-state index in [1.165, 1.54) is 13.2 Å². The van der Waals surface area contributed by atoms with Crippen LogP contribution in [0.15, 0.2) is 12.1 Å². The maximum atomic E-state index is 13.3. The van der Waals surface area contributed by atoms with Gasteiger partial charge in [-0.3, -0.25) is 4.79 Å². The number of hydrogen-bond acceptors (Lipinski definition) is 2. The minimum absolute atomic E-state index is 0.0678. The van der Waals surface area contributed by atoms with Gasteiger partial charge in [0.25, 0.3) is 0 Å². The molecule has 0 atom stereocenters. The summed E-state index contributed by atoms with van der Waals surface area (Å²) in [7, 11) is 1.41. The average Bonchev–Trinajstić information content (AvgIpc) is 3.02. The molecule has 0 unspecified atom stereocenters. The maximum absolute atomic E-state index is 13.3. The van der Waals surface area contributed by atoms with E-state index in [9.17, 15) is 9.18 Å². The van der Waals surface area contributed by atoms with Crippen LogP contribution < -0.4 is 4.74 Å². The van der Waals surface area contributed by atoms with E-state index in [2.05, 4.69) is 0 Å². The first-order valence-corrected chi connectivity index (χ1v) is 5.16. The molecule has 1 saturated carbocycles. The number of methoxy groups -OCH3 is 1. The summed E-state index contributed by atoms with van der Waals surface area (Å²) in [6.45, 7) is 0. The highest BCUT2D eigenvalue weighted by Gasteiger charge is 2.53. The Morgan fingerprint density at radius 2 is 2.19 bits per heavy atom. The molecule has 0 bridgehead atoms. The molecule has 1 aliphatic carbocycles. The van der Waals surface area contributed by atoms with E-state index >= 15 is 0 Å². The largest absolute Gasteiger partial charge is 0.496 e. The van der Waals surface area contributed by atoms with Crippen molar-refractivity contribution in [1.29, 1.82) is 0 Å². The monoisotopic (exact) mass is 244 g/mol. The molecule has 0 amide bonds. The van der Waals surface area contributed by atoms with Crippen LogP contribution in [0.4, 0.5) is 4.39 Å². The van der Waals surface area contributed by atoms with Crippen molar-refractivity contribution in [1.82, 2.24) is 0 Å². The lowest BCUT2D eigenvalue weighted by Crippen LogP contribution is -2.20. The van der Waals surface area contributed by atoms with Gasteiger partial charge in [-0.25, -0.2) is 4.39 Å². The van der Waals surface area contributed by atoms with Gasteiger partial charge in [0, 0.05) is 11.6 Å². The molecule has 0 aromatic heterocycles. The van der Waals surface area contributed by atoms with Gasteiger partial charge < -0.3 is 9.84 Å². The predicted octanol–water partition coefficient (Wildman–Crippen LogP) is 2.60. The fourth-order valence-electron chi connectivity index (χ4n) is 1.79. The van der Waals surface area contributed by atoms with Gasteiger partial charge in [0.2, 0.25) is 0 Å². The lowest BCUT2D eigenvalue weighted by molar-refractivity contribution is -0.140. The molecule has 1 N–H and O–H groups in total. The molecule has 16 heavy (non-hydrogen) atoms. The van der Waals surface area contributed by atoms with Gasteiger partial charge in [0.05, 0.1) is 17.5 Å². The minimum Gasteiger partial charge on any atom is -0.496 e. The highest BCUT2D eigenvalue weighted by atomic mass is 35.5. The Kier molecular flexibility index (Phi) is 2.54. The van der Waals surface area contributed by atoms with E-state index in [1.54, 1.807) is 0 Å². The van der Waals surface area contributed by atoms with Crippen molar-refractivity contribution in [3.63, 3.8) is 0 Å². The van der Waals surface area contributed by atoms with Crippen molar-refractivity contribution in [2.24, 2.45) is 0 Å². The van der Waals surface area contributed by atoms with Gasteiger partial charge in [-0.05, 0) is 18.9 Å². The standard InChI is InChI=1S/C11H10ClFO3/c1-16-9-5-7(12)8(13)4-6(9)11(2-3-11)10(14)15/h4-5H,2-3H2,1H3,(H,14,15). The number of carbonyl (C=O) groups is 1. The Balaban J connectivity index is 2.56. The SMILES string of the molecule is COc1cc(Cl)c(F)cc1C1(C(=O)O)CC1. The molecule has 5 heteroatoms. The predicted molar refractivity (Wildman–Crippen MR) is 56.5 cm³/mol.